The summed E-state index contributed by atoms with van der Waals surface area (Å²) in [6, 6.07) is 6.16. The average Bonchev–Trinajstić information content (AvgIpc) is 2.51. The normalized spacial score (nSPS) is 29.1. The predicted octanol–water partition coefficient (Wildman–Crippen LogP) is 1.72. The van der Waals surface area contributed by atoms with Crippen LogP contribution in [-0.4, -0.2) is 24.5 Å². The topological polar surface area (TPSA) is 38.5 Å². The Hall–Kier alpha value is -1.06. The minimum atomic E-state index is 0.238. The molecule has 0 aromatic heterocycles. The molecule has 3 heteroatoms. The summed E-state index contributed by atoms with van der Waals surface area (Å²) in [6.07, 6.45) is 0.501. The highest BCUT2D eigenvalue weighted by Gasteiger charge is 2.37. The van der Waals surface area contributed by atoms with E-state index in [-0.39, 0.29) is 12.2 Å². The Kier molecular flexibility index (Phi) is 1.97. The predicted molar refractivity (Wildman–Crippen MR) is 59.5 cm³/mol. The maximum Gasteiger partial charge on any atom is 0.0965 e. The summed E-state index contributed by atoms with van der Waals surface area (Å²) in [5.74, 6) is 0. The lowest BCUT2D eigenvalue weighted by Crippen LogP contribution is -2.35. The second-order valence-corrected chi connectivity index (χ2v) is 4.35. The fourth-order valence-corrected chi connectivity index (χ4v) is 2.59. The second kappa shape index (κ2) is 3.22. The van der Waals surface area contributed by atoms with Gasteiger partial charge in [-0.25, -0.2) is 0 Å². The van der Waals surface area contributed by atoms with Crippen LogP contribution in [0.25, 0.3) is 0 Å². The highest BCUT2D eigenvalue weighted by molar-refractivity contribution is 5.48. The Morgan fingerprint density at radius 3 is 2.80 bits per heavy atom. The minimum Gasteiger partial charge on any atom is -0.399 e. The van der Waals surface area contributed by atoms with Crippen LogP contribution in [0.3, 0.4) is 0 Å². The molecule has 80 valence electrons. The molecule has 2 heterocycles. The van der Waals surface area contributed by atoms with E-state index in [1.54, 1.807) is 0 Å². The van der Waals surface area contributed by atoms with E-state index in [1.807, 2.05) is 6.07 Å². The number of morpholine rings is 1. The van der Waals surface area contributed by atoms with Gasteiger partial charge in [0.05, 0.1) is 12.2 Å². The van der Waals surface area contributed by atoms with Crippen molar-refractivity contribution in [1.29, 1.82) is 0 Å². The zero-order valence-corrected chi connectivity index (χ0v) is 8.94. The van der Waals surface area contributed by atoms with Crippen LogP contribution in [0.5, 0.6) is 0 Å². The zero-order valence-electron chi connectivity index (χ0n) is 8.94. The van der Waals surface area contributed by atoms with E-state index in [9.17, 15) is 0 Å². The molecule has 3 nitrogen and oxygen atoms in total. The number of hydrogen-bond donors (Lipinski definition) is 1. The average molecular weight is 204 g/mol. The third-order valence-corrected chi connectivity index (χ3v) is 3.43. The van der Waals surface area contributed by atoms with Gasteiger partial charge in [0.2, 0.25) is 0 Å². The monoisotopic (exact) mass is 204 g/mol. The Morgan fingerprint density at radius 2 is 2.07 bits per heavy atom. The highest BCUT2D eigenvalue weighted by atomic mass is 16.5. The van der Waals surface area contributed by atoms with Crippen molar-refractivity contribution >= 4 is 5.69 Å². The summed E-state index contributed by atoms with van der Waals surface area (Å²) in [5.41, 5.74) is 9.29. The minimum absolute atomic E-state index is 0.238. The van der Waals surface area contributed by atoms with Gasteiger partial charge in [0.1, 0.15) is 0 Å². The highest BCUT2D eigenvalue weighted by Crippen LogP contribution is 2.43. The van der Waals surface area contributed by atoms with Gasteiger partial charge in [-0.1, -0.05) is 13.0 Å². The maximum absolute atomic E-state index is 5.96. The number of anilines is 1. The van der Waals surface area contributed by atoms with E-state index in [0.717, 1.165) is 25.3 Å². The SMILES string of the molecule is CCN1CC2OC(C1)c1cc(N)ccc12. The van der Waals surface area contributed by atoms with Crippen LogP contribution in [-0.2, 0) is 4.74 Å². The van der Waals surface area contributed by atoms with Gasteiger partial charge < -0.3 is 10.5 Å². The molecule has 0 spiro atoms. The lowest BCUT2D eigenvalue weighted by atomic mass is 10.0. The molecule has 3 rings (SSSR count). The van der Waals surface area contributed by atoms with Crippen LogP contribution in [0.15, 0.2) is 18.2 Å². The van der Waals surface area contributed by atoms with Gasteiger partial charge in [0, 0.05) is 18.8 Å². The molecule has 2 N–H and O–H groups in total. The first-order valence-electron chi connectivity index (χ1n) is 5.55. The van der Waals surface area contributed by atoms with E-state index < -0.39 is 0 Å². The van der Waals surface area contributed by atoms with Crippen molar-refractivity contribution in [3.05, 3.63) is 29.3 Å². The molecule has 2 unspecified atom stereocenters. The number of rotatable bonds is 1. The fourth-order valence-electron chi connectivity index (χ4n) is 2.59. The van der Waals surface area contributed by atoms with Crippen molar-refractivity contribution < 1.29 is 4.74 Å². The van der Waals surface area contributed by atoms with Crippen molar-refractivity contribution in [3.8, 4) is 0 Å². The number of nitrogens with zero attached hydrogens (tertiary/aromatic N) is 1. The molecule has 0 saturated carbocycles. The molecule has 0 amide bonds. The van der Waals surface area contributed by atoms with Crippen molar-refractivity contribution in [3.63, 3.8) is 0 Å². The van der Waals surface area contributed by atoms with Gasteiger partial charge in [-0.3, -0.25) is 4.90 Å². The number of nitrogen functional groups attached to an aromatic ring is 1. The van der Waals surface area contributed by atoms with E-state index >= 15 is 0 Å². The number of nitrogens with two attached hydrogens (primary N) is 1. The Morgan fingerprint density at radius 1 is 1.33 bits per heavy atom. The largest absolute Gasteiger partial charge is 0.399 e. The molecule has 2 atom stereocenters. The Balaban J connectivity index is 2.00. The van der Waals surface area contributed by atoms with E-state index in [2.05, 4.69) is 24.0 Å². The molecular weight excluding hydrogens is 188 g/mol. The van der Waals surface area contributed by atoms with E-state index in [0.29, 0.717) is 0 Å². The molecule has 2 aliphatic heterocycles. The summed E-state index contributed by atoms with van der Waals surface area (Å²) in [7, 11) is 0. The first-order chi connectivity index (χ1) is 7.28. The number of likely N-dealkylation sites (N-methyl/N-ethyl adjacent to an activating group) is 1. The lowest BCUT2D eigenvalue weighted by molar-refractivity contribution is -0.0661. The van der Waals surface area contributed by atoms with Crippen molar-refractivity contribution in [2.45, 2.75) is 19.1 Å². The summed E-state index contributed by atoms with van der Waals surface area (Å²) in [4.78, 5) is 2.44. The van der Waals surface area contributed by atoms with Crippen LogP contribution in [0.2, 0.25) is 0 Å². The van der Waals surface area contributed by atoms with Gasteiger partial charge in [-0.05, 0) is 29.8 Å². The van der Waals surface area contributed by atoms with Crippen molar-refractivity contribution in [2.24, 2.45) is 0 Å². The molecule has 1 aromatic carbocycles. The van der Waals surface area contributed by atoms with Crippen molar-refractivity contribution in [1.82, 2.24) is 4.90 Å². The molecule has 0 radical (unpaired) electrons. The number of ether oxygens (including phenoxy) is 1. The summed E-state index contributed by atoms with van der Waals surface area (Å²) < 4.78 is 5.96. The van der Waals surface area contributed by atoms with Crippen molar-refractivity contribution in [2.75, 3.05) is 25.4 Å². The van der Waals surface area contributed by atoms with Gasteiger partial charge in [0.15, 0.2) is 0 Å². The molecule has 1 aromatic rings. The second-order valence-electron chi connectivity index (χ2n) is 4.35. The maximum atomic E-state index is 5.96. The van der Waals surface area contributed by atoms with Crippen LogP contribution < -0.4 is 5.73 Å². The molecule has 2 aliphatic rings. The fraction of sp³-hybridized carbons (Fsp3) is 0.500. The molecule has 2 bridgehead atoms. The van der Waals surface area contributed by atoms with Gasteiger partial charge in [0.25, 0.3) is 0 Å². The first-order valence-corrected chi connectivity index (χ1v) is 5.55. The van der Waals surface area contributed by atoms with Crippen LogP contribution >= 0.6 is 0 Å². The van der Waals surface area contributed by atoms with Gasteiger partial charge >= 0.3 is 0 Å². The van der Waals surface area contributed by atoms with Crippen LogP contribution in [0, 0.1) is 0 Å². The summed E-state index contributed by atoms with van der Waals surface area (Å²) in [6.45, 7) is 5.32. The zero-order chi connectivity index (χ0) is 10.4. The first kappa shape index (κ1) is 9.19. The van der Waals surface area contributed by atoms with Crippen LogP contribution in [0.1, 0.15) is 30.3 Å². The quantitative estimate of drug-likeness (QED) is 0.708. The van der Waals surface area contributed by atoms with Crippen LogP contribution in [0.4, 0.5) is 5.69 Å². The molecule has 15 heavy (non-hydrogen) atoms. The Labute approximate surface area is 89.8 Å². The third-order valence-electron chi connectivity index (χ3n) is 3.43. The number of benzene rings is 1. The van der Waals surface area contributed by atoms with Gasteiger partial charge in [-0.2, -0.15) is 0 Å². The van der Waals surface area contributed by atoms with E-state index in [4.69, 9.17) is 10.5 Å². The Bertz CT molecular complexity index is 391. The smallest absolute Gasteiger partial charge is 0.0965 e. The molecular formula is C12H16N2O. The summed E-state index contributed by atoms with van der Waals surface area (Å²) >= 11 is 0. The third kappa shape index (κ3) is 1.34. The lowest BCUT2D eigenvalue weighted by Gasteiger charge is -2.31. The summed E-state index contributed by atoms with van der Waals surface area (Å²) in [5, 5.41) is 0. The molecule has 0 aliphatic carbocycles. The van der Waals surface area contributed by atoms with E-state index in [1.165, 1.54) is 11.1 Å². The number of fused-ring (bicyclic) bond motifs is 5. The standard InChI is InChI=1S/C12H16N2O/c1-2-14-6-11-9-4-3-8(13)5-10(9)12(7-14)15-11/h3-5,11-12H,2,6-7,13H2,1H3. The molecule has 1 saturated heterocycles. The number of hydrogen-bond acceptors (Lipinski definition) is 3. The molecule has 1 fully saturated rings. The van der Waals surface area contributed by atoms with Gasteiger partial charge in [-0.15, -0.1) is 0 Å².